The molecule has 0 aliphatic heterocycles. The van der Waals surface area contributed by atoms with Crippen LogP contribution in [0.2, 0.25) is 0 Å². The van der Waals surface area contributed by atoms with Crippen LogP contribution in [-0.4, -0.2) is 9.38 Å². The van der Waals surface area contributed by atoms with E-state index >= 15 is 0 Å². The molecule has 148 valence electrons. The fourth-order valence-corrected chi connectivity index (χ4v) is 3.68. The molecule has 3 aromatic rings. The molecule has 0 fully saturated rings. The molecular formula is C24H31N3O. The lowest BCUT2D eigenvalue weighted by molar-refractivity contribution is 0.408. The molecule has 0 saturated heterocycles. The van der Waals surface area contributed by atoms with Gasteiger partial charge in [-0.2, -0.15) is 0 Å². The monoisotopic (exact) mass is 377 g/mol. The van der Waals surface area contributed by atoms with Crippen molar-refractivity contribution in [2.24, 2.45) is 5.92 Å². The van der Waals surface area contributed by atoms with Crippen LogP contribution in [0.4, 0.5) is 0 Å². The number of nitrogens with zero attached hydrogens (tertiary/aromatic N) is 2. The summed E-state index contributed by atoms with van der Waals surface area (Å²) in [5.41, 5.74) is 5.03. The average molecular weight is 378 g/mol. The molecule has 0 amide bonds. The maximum Gasteiger partial charge on any atom is 0.258 e. The molecule has 28 heavy (non-hydrogen) atoms. The van der Waals surface area contributed by atoms with Gasteiger partial charge in [0.2, 0.25) is 0 Å². The number of rotatable bonds is 8. The van der Waals surface area contributed by atoms with Gasteiger partial charge < -0.3 is 5.32 Å². The molecule has 0 unspecified atom stereocenters. The lowest BCUT2D eigenvalue weighted by Gasteiger charge is -2.23. The van der Waals surface area contributed by atoms with E-state index in [2.05, 4.69) is 55.3 Å². The van der Waals surface area contributed by atoms with Crippen molar-refractivity contribution >= 4 is 5.65 Å². The van der Waals surface area contributed by atoms with Crippen LogP contribution in [0.25, 0.3) is 5.65 Å². The average Bonchev–Trinajstić information content (AvgIpc) is 2.67. The first kappa shape index (κ1) is 20.3. The number of pyridine rings is 1. The Bertz CT molecular complexity index is 973. The van der Waals surface area contributed by atoms with Crippen molar-refractivity contribution in [3.63, 3.8) is 0 Å². The minimum atomic E-state index is -0.0266. The molecule has 1 N–H and O–H groups in total. The predicted molar refractivity (Wildman–Crippen MR) is 116 cm³/mol. The molecule has 2 aromatic heterocycles. The van der Waals surface area contributed by atoms with Crippen LogP contribution in [0, 0.1) is 12.8 Å². The van der Waals surface area contributed by atoms with Crippen LogP contribution in [0.15, 0.2) is 53.3 Å². The van der Waals surface area contributed by atoms with Gasteiger partial charge in [0.25, 0.3) is 5.56 Å². The highest BCUT2D eigenvalue weighted by molar-refractivity contribution is 5.40. The van der Waals surface area contributed by atoms with E-state index in [1.54, 1.807) is 10.5 Å². The Labute approximate surface area is 167 Å². The number of aryl methyl sites for hydroxylation is 2. The van der Waals surface area contributed by atoms with Crippen LogP contribution < -0.4 is 10.9 Å². The van der Waals surface area contributed by atoms with Crippen molar-refractivity contribution in [3.8, 4) is 0 Å². The number of unbranched alkanes of at least 4 members (excludes halogenated alkanes) is 1. The third-order valence-electron chi connectivity index (χ3n) is 5.26. The standard InChI is InChI=1S/C24H31N3O/c1-5-6-9-19-11-13-20(14-12-19)24(17(2)3)25-16-21-15-23(28)27-18(4)8-7-10-22(27)26-21/h7-8,10-15,17,24-25H,5-6,9,16H2,1-4H3/t24-/m1/s1. The van der Waals surface area contributed by atoms with Gasteiger partial charge in [0.15, 0.2) is 0 Å². The zero-order valence-electron chi connectivity index (χ0n) is 17.4. The van der Waals surface area contributed by atoms with Crippen molar-refractivity contribution in [3.05, 3.63) is 81.4 Å². The molecule has 0 spiro atoms. The summed E-state index contributed by atoms with van der Waals surface area (Å²) in [6, 6.07) is 16.5. The van der Waals surface area contributed by atoms with Crippen molar-refractivity contribution in [2.75, 3.05) is 0 Å². The maximum absolute atomic E-state index is 12.5. The third-order valence-corrected chi connectivity index (χ3v) is 5.26. The van der Waals surface area contributed by atoms with Crippen LogP contribution >= 0.6 is 0 Å². The van der Waals surface area contributed by atoms with Gasteiger partial charge in [0.1, 0.15) is 5.65 Å². The molecule has 4 heteroatoms. The minimum absolute atomic E-state index is 0.0266. The lowest BCUT2D eigenvalue weighted by Crippen LogP contribution is -2.27. The summed E-state index contributed by atoms with van der Waals surface area (Å²) in [5.74, 6) is 0.435. The third kappa shape index (κ3) is 4.68. The normalized spacial score (nSPS) is 12.6. The molecule has 0 aliphatic carbocycles. The topological polar surface area (TPSA) is 46.4 Å². The summed E-state index contributed by atoms with van der Waals surface area (Å²) in [5, 5.41) is 3.61. The molecule has 0 bridgehead atoms. The Morgan fingerprint density at radius 3 is 2.54 bits per heavy atom. The molecule has 1 aromatic carbocycles. The van der Waals surface area contributed by atoms with E-state index in [0.29, 0.717) is 18.1 Å². The lowest BCUT2D eigenvalue weighted by atomic mass is 9.94. The quantitative estimate of drug-likeness (QED) is 0.611. The Balaban J connectivity index is 1.77. The Morgan fingerprint density at radius 1 is 1.11 bits per heavy atom. The molecular weight excluding hydrogens is 346 g/mol. The Kier molecular flexibility index (Phi) is 6.63. The van der Waals surface area contributed by atoms with Gasteiger partial charge in [0.05, 0.1) is 5.69 Å². The number of fused-ring (bicyclic) bond motifs is 1. The second-order valence-corrected chi connectivity index (χ2v) is 7.89. The smallest absolute Gasteiger partial charge is 0.258 e. The molecule has 3 rings (SSSR count). The second-order valence-electron chi connectivity index (χ2n) is 7.89. The second kappa shape index (κ2) is 9.16. The van der Waals surface area contributed by atoms with Gasteiger partial charge in [-0.1, -0.05) is 57.5 Å². The number of hydrogen-bond donors (Lipinski definition) is 1. The maximum atomic E-state index is 12.5. The Morgan fingerprint density at radius 2 is 1.86 bits per heavy atom. The highest BCUT2D eigenvalue weighted by Gasteiger charge is 2.16. The van der Waals surface area contributed by atoms with Gasteiger partial charge in [-0.15, -0.1) is 0 Å². The van der Waals surface area contributed by atoms with Crippen molar-refractivity contribution in [1.29, 1.82) is 0 Å². The fraction of sp³-hybridized carbons (Fsp3) is 0.417. The minimum Gasteiger partial charge on any atom is -0.304 e. The van der Waals surface area contributed by atoms with Crippen molar-refractivity contribution in [2.45, 2.75) is 59.5 Å². The first-order valence-electron chi connectivity index (χ1n) is 10.3. The van der Waals surface area contributed by atoms with Crippen LogP contribution in [-0.2, 0) is 13.0 Å². The molecule has 0 aliphatic rings. The van der Waals surface area contributed by atoms with E-state index in [4.69, 9.17) is 0 Å². The molecule has 2 heterocycles. The molecule has 1 atom stereocenters. The first-order chi connectivity index (χ1) is 13.5. The number of benzene rings is 1. The van der Waals surface area contributed by atoms with E-state index in [1.165, 1.54) is 24.0 Å². The largest absolute Gasteiger partial charge is 0.304 e. The highest BCUT2D eigenvalue weighted by Crippen LogP contribution is 2.23. The summed E-state index contributed by atoms with van der Waals surface area (Å²) in [7, 11) is 0. The predicted octanol–water partition coefficient (Wildman–Crippen LogP) is 4.83. The van der Waals surface area contributed by atoms with E-state index in [1.807, 2.05) is 25.1 Å². The van der Waals surface area contributed by atoms with Gasteiger partial charge in [0, 0.05) is 24.3 Å². The van der Waals surface area contributed by atoms with Crippen LogP contribution in [0.3, 0.4) is 0 Å². The fourth-order valence-electron chi connectivity index (χ4n) is 3.68. The van der Waals surface area contributed by atoms with Gasteiger partial charge in [-0.05, 0) is 48.9 Å². The molecule has 0 saturated carbocycles. The van der Waals surface area contributed by atoms with Crippen molar-refractivity contribution in [1.82, 2.24) is 14.7 Å². The van der Waals surface area contributed by atoms with E-state index in [0.717, 1.165) is 17.8 Å². The summed E-state index contributed by atoms with van der Waals surface area (Å²) >= 11 is 0. The molecule has 0 radical (unpaired) electrons. The summed E-state index contributed by atoms with van der Waals surface area (Å²) in [6.07, 6.45) is 3.59. The van der Waals surface area contributed by atoms with E-state index in [9.17, 15) is 4.79 Å². The van der Waals surface area contributed by atoms with Gasteiger partial charge in [-0.25, -0.2) is 4.98 Å². The highest BCUT2D eigenvalue weighted by atomic mass is 16.1. The van der Waals surface area contributed by atoms with Gasteiger partial charge in [-0.3, -0.25) is 9.20 Å². The van der Waals surface area contributed by atoms with Crippen LogP contribution in [0.5, 0.6) is 0 Å². The zero-order valence-corrected chi connectivity index (χ0v) is 17.4. The number of hydrogen-bond acceptors (Lipinski definition) is 3. The number of aromatic nitrogens is 2. The van der Waals surface area contributed by atoms with E-state index in [-0.39, 0.29) is 11.6 Å². The van der Waals surface area contributed by atoms with Gasteiger partial charge >= 0.3 is 0 Å². The number of nitrogens with one attached hydrogen (secondary N) is 1. The Hall–Kier alpha value is -2.46. The van der Waals surface area contributed by atoms with Crippen molar-refractivity contribution < 1.29 is 0 Å². The van der Waals surface area contributed by atoms with Crippen LogP contribution in [0.1, 0.15) is 62.2 Å². The zero-order chi connectivity index (χ0) is 20.1. The molecule has 4 nitrogen and oxygen atoms in total. The van der Waals surface area contributed by atoms with E-state index < -0.39 is 0 Å². The summed E-state index contributed by atoms with van der Waals surface area (Å²) < 4.78 is 1.65. The summed E-state index contributed by atoms with van der Waals surface area (Å²) in [4.78, 5) is 17.2. The SMILES string of the molecule is CCCCc1ccc([C@H](NCc2cc(=O)n3c(C)cccc3n2)C(C)C)cc1. The first-order valence-corrected chi connectivity index (χ1v) is 10.3. The summed E-state index contributed by atoms with van der Waals surface area (Å²) in [6.45, 7) is 9.15.